The third-order valence-corrected chi connectivity index (χ3v) is 4.21. The lowest BCUT2D eigenvalue weighted by Crippen LogP contribution is -2.41. The van der Waals surface area contributed by atoms with Crippen LogP contribution < -0.4 is 5.32 Å². The highest BCUT2D eigenvalue weighted by Gasteiger charge is 2.20. The molecule has 2 aromatic carbocycles. The molecule has 0 spiro atoms. The van der Waals surface area contributed by atoms with E-state index in [1.165, 1.54) is 18.2 Å². The number of rotatable bonds is 3. The molecule has 1 aliphatic heterocycles. The maximum Gasteiger partial charge on any atom is 0.164 e. The van der Waals surface area contributed by atoms with Gasteiger partial charge in [-0.25, -0.2) is 0 Å². The summed E-state index contributed by atoms with van der Waals surface area (Å²) in [4.78, 5) is 12.4. The molecule has 0 radical (unpaired) electrons. The Kier molecular flexibility index (Phi) is 3.83. The lowest BCUT2D eigenvalue weighted by molar-refractivity contribution is 0.0960. The molecule has 1 saturated heterocycles. The monoisotopic (exact) mass is 267 g/mol. The number of fused-ring (bicyclic) bond motifs is 1. The van der Waals surface area contributed by atoms with Crippen LogP contribution in [0.25, 0.3) is 10.8 Å². The van der Waals surface area contributed by atoms with Crippen LogP contribution in [0.1, 0.15) is 43.0 Å². The Labute approximate surface area is 120 Å². The Balaban J connectivity index is 1.75. The fourth-order valence-electron chi connectivity index (χ4n) is 3.10. The summed E-state index contributed by atoms with van der Waals surface area (Å²) in [6.45, 7) is 2.20. The second-order valence-corrected chi connectivity index (χ2v) is 5.88. The van der Waals surface area contributed by atoms with Crippen molar-refractivity contribution in [3.8, 4) is 0 Å². The van der Waals surface area contributed by atoms with Gasteiger partial charge in [-0.05, 0) is 36.6 Å². The standard InChI is InChI=1S/C18H21NO/c1-13-5-4-8-17(19-13)12-18(20)16-10-9-14-6-2-3-7-15(14)11-16/h2-3,6-7,9-11,13,17,19H,4-5,8,12H2,1H3. The molecular weight excluding hydrogens is 246 g/mol. The van der Waals surface area contributed by atoms with E-state index in [1.807, 2.05) is 30.3 Å². The molecule has 2 aromatic rings. The molecule has 0 aromatic heterocycles. The van der Waals surface area contributed by atoms with Gasteiger partial charge in [0.1, 0.15) is 0 Å². The van der Waals surface area contributed by atoms with Gasteiger partial charge in [0.05, 0.1) is 0 Å². The van der Waals surface area contributed by atoms with Crippen molar-refractivity contribution in [2.45, 2.75) is 44.7 Å². The van der Waals surface area contributed by atoms with Gasteiger partial charge in [0.25, 0.3) is 0 Å². The molecule has 2 unspecified atom stereocenters. The first-order chi connectivity index (χ1) is 9.72. The molecule has 0 bridgehead atoms. The summed E-state index contributed by atoms with van der Waals surface area (Å²) in [6, 6.07) is 15.1. The number of benzene rings is 2. The van der Waals surface area contributed by atoms with Gasteiger partial charge < -0.3 is 5.32 Å². The molecule has 1 heterocycles. The minimum Gasteiger partial charge on any atom is -0.311 e. The molecule has 0 amide bonds. The van der Waals surface area contributed by atoms with Crippen molar-refractivity contribution in [1.82, 2.24) is 5.32 Å². The quantitative estimate of drug-likeness (QED) is 0.853. The van der Waals surface area contributed by atoms with Crippen molar-refractivity contribution in [3.05, 3.63) is 48.0 Å². The van der Waals surface area contributed by atoms with Crippen LogP contribution in [0.4, 0.5) is 0 Å². The smallest absolute Gasteiger partial charge is 0.164 e. The molecule has 3 rings (SSSR count). The third-order valence-electron chi connectivity index (χ3n) is 4.21. The first kappa shape index (κ1) is 13.3. The van der Waals surface area contributed by atoms with E-state index in [-0.39, 0.29) is 5.78 Å². The van der Waals surface area contributed by atoms with Crippen molar-refractivity contribution in [2.75, 3.05) is 0 Å². The predicted octanol–water partition coefficient (Wildman–Crippen LogP) is 3.94. The largest absolute Gasteiger partial charge is 0.311 e. The topological polar surface area (TPSA) is 29.1 Å². The van der Waals surface area contributed by atoms with E-state index in [4.69, 9.17) is 0 Å². The van der Waals surface area contributed by atoms with E-state index in [0.717, 1.165) is 17.4 Å². The molecule has 20 heavy (non-hydrogen) atoms. The van der Waals surface area contributed by atoms with Gasteiger partial charge in [-0.3, -0.25) is 4.79 Å². The lowest BCUT2D eigenvalue weighted by Gasteiger charge is -2.28. The van der Waals surface area contributed by atoms with Crippen LogP contribution >= 0.6 is 0 Å². The molecule has 0 aliphatic carbocycles. The fourth-order valence-corrected chi connectivity index (χ4v) is 3.10. The van der Waals surface area contributed by atoms with Gasteiger partial charge in [-0.1, -0.05) is 42.8 Å². The minimum absolute atomic E-state index is 0.252. The van der Waals surface area contributed by atoms with Gasteiger partial charge in [0.15, 0.2) is 5.78 Å². The highest BCUT2D eigenvalue weighted by Crippen LogP contribution is 2.20. The number of ketones is 1. The van der Waals surface area contributed by atoms with E-state index in [0.29, 0.717) is 18.5 Å². The third kappa shape index (κ3) is 2.91. The molecule has 2 atom stereocenters. The van der Waals surface area contributed by atoms with E-state index >= 15 is 0 Å². The van der Waals surface area contributed by atoms with Crippen molar-refractivity contribution in [3.63, 3.8) is 0 Å². The summed E-state index contributed by atoms with van der Waals surface area (Å²) in [5.41, 5.74) is 0.837. The van der Waals surface area contributed by atoms with Crippen molar-refractivity contribution >= 4 is 16.6 Å². The molecule has 2 nitrogen and oxygen atoms in total. The summed E-state index contributed by atoms with van der Waals surface area (Å²) in [7, 11) is 0. The van der Waals surface area contributed by atoms with Gasteiger partial charge in [-0.2, -0.15) is 0 Å². The average molecular weight is 267 g/mol. The second kappa shape index (κ2) is 5.76. The first-order valence-electron chi connectivity index (χ1n) is 7.50. The van der Waals surface area contributed by atoms with Crippen molar-refractivity contribution in [2.24, 2.45) is 0 Å². The molecule has 1 N–H and O–H groups in total. The maximum atomic E-state index is 12.4. The normalized spacial score (nSPS) is 22.9. The Morgan fingerprint density at radius 1 is 1.15 bits per heavy atom. The van der Waals surface area contributed by atoms with Crippen LogP contribution in [-0.2, 0) is 0 Å². The first-order valence-corrected chi connectivity index (χ1v) is 7.50. The molecule has 0 saturated carbocycles. The van der Waals surface area contributed by atoms with Crippen LogP contribution in [0.2, 0.25) is 0 Å². The molecule has 1 aliphatic rings. The Hall–Kier alpha value is -1.67. The molecule has 1 fully saturated rings. The predicted molar refractivity (Wildman–Crippen MR) is 83.1 cm³/mol. The number of carbonyl (C=O) groups is 1. The maximum absolute atomic E-state index is 12.4. The zero-order valence-electron chi connectivity index (χ0n) is 11.9. The number of hydrogen-bond donors (Lipinski definition) is 1. The van der Waals surface area contributed by atoms with Crippen LogP contribution in [0.15, 0.2) is 42.5 Å². The number of carbonyl (C=O) groups excluding carboxylic acids is 1. The summed E-state index contributed by atoms with van der Waals surface area (Å²) in [6.07, 6.45) is 4.18. The van der Waals surface area contributed by atoms with Crippen molar-refractivity contribution in [1.29, 1.82) is 0 Å². The van der Waals surface area contributed by atoms with Gasteiger partial charge in [-0.15, -0.1) is 0 Å². The van der Waals surface area contributed by atoms with Gasteiger partial charge in [0.2, 0.25) is 0 Å². The second-order valence-electron chi connectivity index (χ2n) is 5.88. The number of hydrogen-bond acceptors (Lipinski definition) is 2. The van der Waals surface area contributed by atoms with Crippen LogP contribution in [0, 0.1) is 0 Å². The van der Waals surface area contributed by atoms with Crippen LogP contribution in [0.3, 0.4) is 0 Å². The Morgan fingerprint density at radius 3 is 2.75 bits per heavy atom. The zero-order chi connectivity index (χ0) is 13.9. The molecule has 104 valence electrons. The highest BCUT2D eigenvalue weighted by molar-refractivity contribution is 6.00. The number of Topliss-reactive ketones (excluding diaryl/α,β-unsaturated/α-hetero) is 1. The number of piperidine rings is 1. The number of nitrogens with one attached hydrogen (secondary N) is 1. The zero-order valence-corrected chi connectivity index (χ0v) is 11.9. The molecule has 2 heteroatoms. The molecular formula is C18H21NO. The van der Waals surface area contributed by atoms with E-state index in [1.54, 1.807) is 0 Å². The summed E-state index contributed by atoms with van der Waals surface area (Å²) in [5.74, 6) is 0.252. The van der Waals surface area contributed by atoms with Crippen LogP contribution in [0.5, 0.6) is 0 Å². The minimum atomic E-state index is 0.252. The van der Waals surface area contributed by atoms with E-state index < -0.39 is 0 Å². The van der Waals surface area contributed by atoms with E-state index in [2.05, 4.69) is 24.4 Å². The summed E-state index contributed by atoms with van der Waals surface area (Å²) >= 11 is 0. The lowest BCUT2D eigenvalue weighted by atomic mass is 9.93. The fraction of sp³-hybridized carbons (Fsp3) is 0.389. The summed E-state index contributed by atoms with van der Waals surface area (Å²) < 4.78 is 0. The van der Waals surface area contributed by atoms with Crippen molar-refractivity contribution < 1.29 is 4.79 Å². The van der Waals surface area contributed by atoms with Gasteiger partial charge >= 0.3 is 0 Å². The Morgan fingerprint density at radius 2 is 1.95 bits per heavy atom. The average Bonchev–Trinajstić information content (AvgIpc) is 2.47. The summed E-state index contributed by atoms with van der Waals surface area (Å²) in [5, 5.41) is 5.86. The SMILES string of the molecule is CC1CCCC(CC(=O)c2ccc3ccccc3c2)N1. The van der Waals surface area contributed by atoms with E-state index in [9.17, 15) is 4.79 Å². The Bertz CT molecular complexity index is 620. The van der Waals surface area contributed by atoms with Crippen LogP contribution in [-0.4, -0.2) is 17.9 Å². The van der Waals surface area contributed by atoms with Gasteiger partial charge in [0, 0.05) is 24.1 Å². The highest BCUT2D eigenvalue weighted by atomic mass is 16.1.